The van der Waals surface area contributed by atoms with Gasteiger partial charge < -0.3 is 15.7 Å². The van der Waals surface area contributed by atoms with Crippen LogP contribution in [0.3, 0.4) is 0 Å². The molecule has 0 spiro atoms. The number of carboxylic acid groups (broad SMARTS) is 1. The van der Waals surface area contributed by atoms with E-state index in [0.29, 0.717) is 11.6 Å². The summed E-state index contributed by atoms with van der Waals surface area (Å²) in [6.07, 6.45) is 3.74. The van der Waals surface area contributed by atoms with Gasteiger partial charge in [0.05, 0.1) is 5.56 Å². The normalized spacial score (nSPS) is 14.1. The van der Waals surface area contributed by atoms with Crippen molar-refractivity contribution in [2.75, 3.05) is 11.9 Å². The van der Waals surface area contributed by atoms with E-state index in [1.807, 2.05) is 0 Å². The first kappa shape index (κ1) is 11.4. The minimum absolute atomic E-state index is 0.354. The van der Waals surface area contributed by atoms with E-state index in [0.717, 1.165) is 18.7 Å². The number of hydrogen-bond donors (Lipinski definition) is 3. The summed E-state index contributed by atoms with van der Waals surface area (Å²) in [6.45, 7) is -0.388. The molecule has 0 atom stereocenters. The van der Waals surface area contributed by atoms with Gasteiger partial charge in [-0.2, -0.15) is 0 Å². The maximum absolute atomic E-state index is 11.5. The van der Waals surface area contributed by atoms with Gasteiger partial charge >= 0.3 is 5.97 Å². The molecule has 1 aromatic heterocycles. The number of aromatic nitrogens is 1. The Labute approximate surface area is 98.1 Å². The third kappa shape index (κ3) is 3.44. The predicted octanol–water partition coefficient (Wildman–Crippen LogP) is 0.470. The molecule has 0 radical (unpaired) electrons. The summed E-state index contributed by atoms with van der Waals surface area (Å²) in [7, 11) is 0. The van der Waals surface area contributed by atoms with Crippen LogP contribution in [0.15, 0.2) is 18.3 Å². The van der Waals surface area contributed by atoms with Crippen LogP contribution >= 0.6 is 0 Å². The lowest BCUT2D eigenvalue weighted by Gasteiger charge is -2.05. The van der Waals surface area contributed by atoms with Crippen LogP contribution in [0, 0.1) is 0 Å². The van der Waals surface area contributed by atoms with Gasteiger partial charge in [-0.3, -0.25) is 9.59 Å². The summed E-state index contributed by atoms with van der Waals surface area (Å²) < 4.78 is 0. The number of aliphatic carboxylic acids is 1. The monoisotopic (exact) mass is 235 g/mol. The summed E-state index contributed by atoms with van der Waals surface area (Å²) in [5, 5.41) is 13.9. The maximum Gasteiger partial charge on any atom is 0.322 e. The Kier molecular flexibility index (Phi) is 3.22. The number of hydrogen-bond acceptors (Lipinski definition) is 4. The van der Waals surface area contributed by atoms with Gasteiger partial charge in [0, 0.05) is 12.2 Å². The maximum atomic E-state index is 11.5. The number of carboxylic acids is 1. The molecule has 1 aliphatic carbocycles. The molecule has 6 heteroatoms. The molecule has 0 unspecified atom stereocenters. The average molecular weight is 235 g/mol. The molecule has 1 aliphatic rings. The van der Waals surface area contributed by atoms with Crippen molar-refractivity contribution < 1.29 is 14.7 Å². The molecule has 0 saturated heterocycles. The van der Waals surface area contributed by atoms with Gasteiger partial charge in [0.25, 0.3) is 5.91 Å². The lowest BCUT2D eigenvalue weighted by molar-refractivity contribution is -0.135. The molecular formula is C11H13N3O3. The van der Waals surface area contributed by atoms with Crippen molar-refractivity contribution in [3.63, 3.8) is 0 Å². The van der Waals surface area contributed by atoms with Crippen molar-refractivity contribution in [3.05, 3.63) is 23.9 Å². The molecular weight excluding hydrogens is 222 g/mol. The largest absolute Gasteiger partial charge is 0.480 e. The van der Waals surface area contributed by atoms with Gasteiger partial charge in [0.2, 0.25) is 0 Å². The summed E-state index contributed by atoms with van der Waals surface area (Å²) in [5.74, 6) is -0.765. The number of carbonyl (C=O) groups is 2. The van der Waals surface area contributed by atoms with Gasteiger partial charge in [0.15, 0.2) is 0 Å². The Morgan fingerprint density at radius 2 is 2.18 bits per heavy atom. The topological polar surface area (TPSA) is 91.3 Å². The van der Waals surface area contributed by atoms with Crippen molar-refractivity contribution in [1.82, 2.24) is 10.3 Å². The van der Waals surface area contributed by atoms with Crippen molar-refractivity contribution in [2.45, 2.75) is 18.9 Å². The Balaban J connectivity index is 1.91. The quantitative estimate of drug-likeness (QED) is 0.690. The third-order valence-corrected chi connectivity index (χ3v) is 2.36. The van der Waals surface area contributed by atoms with Crippen molar-refractivity contribution in [1.29, 1.82) is 0 Å². The van der Waals surface area contributed by atoms with Crippen LogP contribution in [-0.2, 0) is 4.79 Å². The molecule has 1 amide bonds. The van der Waals surface area contributed by atoms with E-state index in [-0.39, 0.29) is 6.54 Å². The number of pyridine rings is 1. The highest BCUT2D eigenvalue weighted by Gasteiger charge is 2.21. The van der Waals surface area contributed by atoms with Crippen molar-refractivity contribution >= 4 is 17.7 Å². The fourth-order valence-corrected chi connectivity index (χ4v) is 1.31. The molecule has 6 nitrogen and oxygen atoms in total. The van der Waals surface area contributed by atoms with E-state index in [2.05, 4.69) is 15.6 Å². The van der Waals surface area contributed by atoms with E-state index in [9.17, 15) is 9.59 Å². The standard InChI is InChI=1S/C11H13N3O3/c15-10(16)6-13-11(17)7-1-4-9(12-5-7)14-8-2-3-8/h1,4-5,8H,2-3,6H2,(H,12,14)(H,13,17)(H,15,16). The molecule has 1 fully saturated rings. The zero-order chi connectivity index (χ0) is 12.3. The van der Waals surface area contributed by atoms with Crippen LogP contribution in [0.4, 0.5) is 5.82 Å². The average Bonchev–Trinajstić information content (AvgIpc) is 3.11. The third-order valence-electron chi connectivity index (χ3n) is 2.36. The summed E-state index contributed by atoms with van der Waals surface area (Å²) in [4.78, 5) is 25.8. The second-order valence-electron chi connectivity index (χ2n) is 3.93. The molecule has 0 aromatic carbocycles. The van der Waals surface area contributed by atoms with Gasteiger partial charge in [-0.1, -0.05) is 0 Å². The van der Waals surface area contributed by atoms with E-state index in [4.69, 9.17) is 5.11 Å². The highest BCUT2D eigenvalue weighted by molar-refractivity contribution is 5.95. The van der Waals surface area contributed by atoms with E-state index in [1.165, 1.54) is 6.20 Å². The Hall–Kier alpha value is -2.11. The molecule has 90 valence electrons. The molecule has 0 bridgehead atoms. The fraction of sp³-hybridized carbons (Fsp3) is 0.364. The van der Waals surface area contributed by atoms with Crippen LogP contribution in [0.1, 0.15) is 23.2 Å². The van der Waals surface area contributed by atoms with Crippen LogP contribution in [0.25, 0.3) is 0 Å². The summed E-state index contributed by atoms with van der Waals surface area (Å²) >= 11 is 0. The molecule has 3 N–H and O–H groups in total. The first-order valence-corrected chi connectivity index (χ1v) is 5.38. The molecule has 17 heavy (non-hydrogen) atoms. The minimum atomic E-state index is -1.07. The number of nitrogens with zero attached hydrogens (tertiary/aromatic N) is 1. The van der Waals surface area contributed by atoms with E-state index < -0.39 is 11.9 Å². The Morgan fingerprint density at radius 3 is 2.71 bits per heavy atom. The van der Waals surface area contributed by atoms with Crippen molar-refractivity contribution in [2.24, 2.45) is 0 Å². The fourth-order valence-electron chi connectivity index (χ4n) is 1.31. The van der Waals surface area contributed by atoms with Gasteiger partial charge in [-0.25, -0.2) is 4.98 Å². The van der Waals surface area contributed by atoms with Crippen LogP contribution in [0.2, 0.25) is 0 Å². The molecule has 2 rings (SSSR count). The number of amides is 1. The number of anilines is 1. The van der Waals surface area contributed by atoms with E-state index in [1.54, 1.807) is 12.1 Å². The SMILES string of the molecule is O=C(O)CNC(=O)c1ccc(NC2CC2)nc1. The lowest BCUT2D eigenvalue weighted by atomic mass is 10.2. The zero-order valence-corrected chi connectivity index (χ0v) is 9.14. The van der Waals surface area contributed by atoms with Crippen molar-refractivity contribution in [3.8, 4) is 0 Å². The first-order valence-electron chi connectivity index (χ1n) is 5.38. The lowest BCUT2D eigenvalue weighted by Crippen LogP contribution is -2.29. The first-order chi connectivity index (χ1) is 8.15. The number of nitrogens with one attached hydrogen (secondary N) is 2. The second kappa shape index (κ2) is 4.82. The Bertz CT molecular complexity index is 426. The molecule has 1 aromatic rings. The number of carbonyl (C=O) groups excluding carboxylic acids is 1. The highest BCUT2D eigenvalue weighted by atomic mass is 16.4. The van der Waals surface area contributed by atoms with Gasteiger partial charge in [0.1, 0.15) is 12.4 Å². The van der Waals surface area contributed by atoms with E-state index >= 15 is 0 Å². The minimum Gasteiger partial charge on any atom is -0.480 e. The van der Waals surface area contributed by atoms with Crippen LogP contribution < -0.4 is 10.6 Å². The van der Waals surface area contributed by atoms with Crippen LogP contribution in [-0.4, -0.2) is 34.6 Å². The zero-order valence-electron chi connectivity index (χ0n) is 9.14. The predicted molar refractivity (Wildman–Crippen MR) is 60.9 cm³/mol. The Morgan fingerprint density at radius 1 is 1.41 bits per heavy atom. The highest BCUT2D eigenvalue weighted by Crippen LogP contribution is 2.23. The smallest absolute Gasteiger partial charge is 0.322 e. The molecule has 1 heterocycles. The molecule has 0 aliphatic heterocycles. The van der Waals surface area contributed by atoms with Crippen LogP contribution in [0.5, 0.6) is 0 Å². The summed E-state index contributed by atoms with van der Waals surface area (Å²) in [5.41, 5.74) is 0.354. The number of rotatable bonds is 5. The molecule has 1 saturated carbocycles. The second-order valence-corrected chi connectivity index (χ2v) is 3.93. The van der Waals surface area contributed by atoms with Gasteiger partial charge in [-0.15, -0.1) is 0 Å². The summed E-state index contributed by atoms with van der Waals surface area (Å²) in [6, 6.07) is 3.84. The van der Waals surface area contributed by atoms with Gasteiger partial charge in [-0.05, 0) is 25.0 Å².